The molecule has 1 fully saturated rings. The van der Waals surface area contributed by atoms with Crippen LogP contribution in [0.5, 0.6) is 0 Å². The Kier molecular flexibility index (Phi) is 7.60. The van der Waals surface area contributed by atoms with E-state index in [0.29, 0.717) is 23.5 Å². The van der Waals surface area contributed by atoms with Gasteiger partial charge in [0.1, 0.15) is 5.69 Å². The summed E-state index contributed by atoms with van der Waals surface area (Å²) in [5.74, 6) is -1.78. The fourth-order valence-corrected chi connectivity index (χ4v) is 4.21. The van der Waals surface area contributed by atoms with Crippen LogP contribution in [-0.4, -0.2) is 60.2 Å². The molecule has 2 heterocycles. The number of halogens is 4. The number of H-pyrrole nitrogens is 1. The lowest BCUT2D eigenvalue weighted by atomic mass is 10.0. The number of anilines is 1. The van der Waals surface area contributed by atoms with Crippen LogP contribution >= 0.6 is 11.6 Å². The van der Waals surface area contributed by atoms with Gasteiger partial charge in [0, 0.05) is 44.1 Å². The first-order valence-corrected chi connectivity index (χ1v) is 11.3. The van der Waals surface area contributed by atoms with Crippen LogP contribution in [0, 0.1) is 13.8 Å². The summed E-state index contributed by atoms with van der Waals surface area (Å²) in [6, 6.07) is 3.69. The predicted octanol–water partition coefficient (Wildman–Crippen LogP) is 3.98. The molecule has 34 heavy (non-hydrogen) atoms. The molecule has 3 rings (SSSR count). The van der Waals surface area contributed by atoms with Gasteiger partial charge in [-0.1, -0.05) is 18.5 Å². The van der Waals surface area contributed by atoms with Crippen LogP contribution in [-0.2, 0) is 11.0 Å². The van der Waals surface area contributed by atoms with Crippen molar-refractivity contribution in [3.63, 3.8) is 0 Å². The number of Topliss-reactive ketones (excluding diaryl/α,β-unsaturated/α-hetero) is 1. The summed E-state index contributed by atoms with van der Waals surface area (Å²) in [6.45, 7) is 6.50. The van der Waals surface area contributed by atoms with Crippen molar-refractivity contribution in [1.29, 1.82) is 0 Å². The molecule has 1 aliphatic rings. The Balaban J connectivity index is 1.70. The molecule has 11 heteroatoms. The number of hydrogen-bond acceptors (Lipinski definition) is 4. The number of carbonyl (C=O) groups excluding carboxylic acids is 3. The van der Waals surface area contributed by atoms with Crippen LogP contribution in [0.25, 0.3) is 0 Å². The van der Waals surface area contributed by atoms with E-state index in [-0.39, 0.29) is 48.4 Å². The third-order valence-electron chi connectivity index (χ3n) is 5.81. The molecule has 0 aliphatic carbocycles. The molecule has 2 N–H and O–H groups in total. The maximum Gasteiger partial charge on any atom is 0.417 e. The molecular weight excluding hydrogens is 473 g/mol. The third-order valence-corrected chi connectivity index (χ3v) is 6.14. The van der Waals surface area contributed by atoms with Gasteiger partial charge in [-0.3, -0.25) is 14.4 Å². The average Bonchev–Trinajstić information content (AvgIpc) is 3.10. The Morgan fingerprint density at radius 2 is 1.76 bits per heavy atom. The number of alkyl halides is 3. The summed E-state index contributed by atoms with van der Waals surface area (Å²) in [7, 11) is 0. The lowest BCUT2D eigenvalue weighted by molar-refractivity contribution is -0.137. The van der Waals surface area contributed by atoms with Crippen molar-refractivity contribution in [3.05, 3.63) is 51.3 Å². The monoisotopic (exact) mass is 498 g/mol. The number of carbonyl (C=O) groups is 3. The topological polar surface area (TPSA) is 85.5 Å². The van der Waals surface area contributed by atoms with Gasteiger partial charge >= 0.3 is 6.18 Å². The number of hydrogen-bond donors (Lipinski definition) is 2. The molecular formula is C23H26ClF3N4O3. The van der Waals surface area contributed by atoms with Gasteiger partial charge in [-0.25, -0.2) is 0 Å². The predicted molar refractivity (Wildman–Crippen MR) is 122 cm³/mol. The standard InChI is InChI=1S/C23H26ClF3N4O3/c1-4-7-28-21(33)19-13(2)18(14(3)29-19)20(32)22(34)31-10-8-30(9-11-31)15-5-6-17(24)16(12-15)23(25,26)27/h5-6,12,29H,4,7-11H2,1-3H3,(H,28,33). The lowest BCUT2D eigenvalue weighted by Gasteiger charge is -2.36. The zero-order valence-electron chi connectivity index (χ0n) is 19.1. The largest absolute Gasteiger partial charge is 0.417 e. The molecule has 1 aromatic carbocycles. The SMILES string of the molecule is CCCNC(=O)c1[nH]c(C)c(C(=O)C(=O)N2CCN(c3ccc(Cl)c(C(F)(F)F)c3)CC2)c1C. The van der Waals surface area contributed by atoms with E-state index in [1.54, 1.807) is 18.7 Å². The summed E-state index contributed by atoms with van der Waals surface area (Å²) >= 11 is 5.69. The van der Waals surface area contributed by atoms with Crippen molar-refractivity contribution in [2.75, 3.05) is 37.6 Å². The van der Waals surface area contributed by atoms with Crippen molar-refractivity contribution in [2.24, 2.45) is 0 Å². The molecule has 0 spiro atoms. The highest BCUT2D eigenvalue weighted by atomic mass is 35.5. The number of ketones is 1. The average molecular weight is 499 g/mol. The van der Waals surface area contributed by atoms with Gasteiger partial charge in [0.2, 0.25) is 0 Å². The van der Waals surface area contributed by atoms with E-state index in [4.69, 9.17) is 11.6 Å². The molecule has 1 saturated heterocycles. The Labute approximate surface area is 200 Å². The van der Waals surface area contributed by atoms with Crippen LogP contribution in [0.4, 0.5) is 18.9 Å². The van der Waals surface area contributed by atoms with Crippen molar-refractivity contribution in [1.82, 2.24) is 15.2 Å². The fraction of sp³-hybridized carbons (Fsp3) is 0.435. The van der Waals surface area contributed by atoms with Crippen LogP contribution < -0.4 is 10.2 Å². The minimum Gasteiger partial charge on any atom is -0.368 e. The highest BCUT2D eigenvalue weighted by molar-refractivity contribution is 6.43. The molecule has 0 atom stereocenters. The number of rotatable bonds is 6. The summed E-state index contributed by atoms with van der Waals surface area (Å²) in [4.78, 5) is 44.2. The number of amides is 2. The number of aromatic amines is 1. The van der Waals surface area contributed by atoms with Gasteiger partial charge in [0.25, 0.3) is 17.6 Å². The second kappa shape index (κ2) is 10.1. The molecule has 0 unspecified atom stereocenters. The Morgan fingerprint density at radius 3 is 2.35 bits per heavy atom. The summed E-state index contributed by atoms with van der Waals surface area (Å²) in [5.41, 5.74) is 0.672. The molecule has 2 aromatic rings. The lowest BCUT2D eigenvalue weighted by Crippen LogP contribution is -2.50. The van der Waals surface area contributed by atoms with Crippen molar-refractivity contribution in [3.8, 4) is 0 Å². The molecule has 0 radical (unpaired) electrons. The van der Waals surface area contributed by atoms with E-state index >= 15 is 0 Å². The van der Waals surface area contributed by atoms with E-state index in [1.165, 1.54) is 17.0 Å². The minimum absolute atomic E-state index is 0.168. The zero-order valence-corrected chi connectivity index (χ0v) is 19.9. The van der Waals surface area contributed by atoms with Crippen molar-refractivity contribution >= 4 is 34.9 Å². The number of aryl methyl sites for hydroxylation is 1. The van der Waals surface area contributed by atoms with Crippen LogP contribution in [0.2, 0.25) is 5.02 Å². The number of aromatic nitrogens is 1. The van der Waals surface area contributed by atoms with E-state index < -0.39 is 23.4 Å². The maximum absolute atomic E-state index is 13.2. The first-order chi connectivity index (χ1) is 16.0. The molecule has 1 aliphatic heterocycles. The summed E-state index contributed by atoms with van der Waals surface area (Å²) < 4.78 is 39.5. The number of nitrogens with one attached hydrogen (secondary N) is 2. The second-order valence-electron chi connectivity index (χ2n) is 8.15. The van der Waals surface area contributed by atoms with Crippen LogP contribution in [0.1, 0.15) is 51.0 Å². The maximum atomic E-state index is 13.2. The Bertz CT molecular complexity index is 1110. The van der Waals surface area contributed by atoms with E-state index in [9.17, 15) is 27.6 Å². The number of nitrogens with zero attached hydrogens (tertiary/aromatic N) is 2. The normalized spacial score (nSPS) is 14.3. The van der Waals surface area contributed by atoms with E-state index in [1.807, 2.05) is 6.92 Å². The quantitative estimate of drug-likeness (QED) is 0.466. The van der Waals surface area contributed by atoms with Gasteiger partial charge in [0.05, 0.1) is 16.1 Å². The zero-order chi connectivity index (χ0) is 25.2. The minimum atomic E-state index is -4.57. The van der Waals surface area contributed by atoms with Gasteiger partial charge in [-0.15, -0.1) is 0 Å². The Morgan fingerprint density at radius 1 is 1.12 bits per heavy atom. The summed E-state index contributed by atoms with van der Waals surface area (Å²) in [6.07, 6.45) is -3.82. The molecule has 1 aromatic heterocycles. The van der Waals surface area contributed by atoms with Crippen molar-refractivity contribution in [2.45, 2.75) is 33.4 Å². The van der Waals surface area contributed by atoms with E-state index in [0.717, 1.165) is 12.5 Å². The van der Waals surface area contributed by atoms with Gasteiger partial charge in [-0.2, -0.15) is 13.2 Å². The molecule has 0 bridgehead atoms. The number of benzene rings is 1. The van der Waals surface area contributed by atoms with Crippen LogP contribution in [0.3, 0.4) is 0 Å². The van der Waals surface area contributed by atoms with Gasteiger partial charge in [-0.05, 0) is 44.0 Å². The van der Waals surface area contributed by atoms with Gasteiger partial charge in [0.15, 0.2) is 0 Å². The number of piperazine rings is 1. The highest BCUT2D eigenvalue weighted by Crippen LogP contribution is 2.37. The summed E-state index contributed by atoms with van der Waals surface area (Å²) in [5, 5.41) is 2.36. The second-order valence-corrected chi connectivity index (χ2v) is 8.56. The molecule has 0 saturated carbocycles. The molecule has 7 nitrogen and oxygen atoms in total. The first kappa shape index (κ1) is 25.6. The Hall–Kier alpha value is -3.01. The smallest absolute Gasteiger partial charge is 0.368 e. The van der Waals surface area contributed by atoms with Crippen LogP contribution in [0.15, 0.2) is 18.2 Å². The molecule has 2 amide bonds. The highest BCUT2D eigenvalue weighted by Gasteiger charge is 2.35. The third kappa shape index (κ3) is 5.22. The van der Waals surface area contributed by atoms with Crippen molar-refractivity contribution < 1.29 is 27.6 Å². The van der Waals surface area contributed by atoms with Gasteiger partial charge < -0.3 is 20.1 Å². The first-order valence-electron chi connectivity index (χ1n) is 10.9. The van der Waals surface area contributed by atoms with E-state index in [2.05, 4.69) is 10.3 Å². The fourth-order valence-electron chi connectivity index (χ4n) is 3.99. The molecule has 184 valence electrons.